The summed E-state index contributed by atoms with van der Waals surface area (Å²) in [6.07, 6.45) is 3.01. The quantitative estimate of drug-likeness (QED) is 0.414. The summed E-state index contributed by atoms with van der Waals surface area (Å²) in [6.45, 7) is 5.20. The number of carbonyl (C=O) groups is 1. The minimum atomic E-state index is -0.331. The van der Waals surface area contributed by atoms with Gasteiger partial charge in [-0.1, -0.05) is 36.9 Å². The summed E-state index contributed by atoms with van der Waals surface area (Å²) in [5.74, 6) is -0.331. The van der Waals surface area contributed by atoms with Crippen LogP contribution in [-0.4, -0.2) is 5.97 Å². The van der Waals surface area contributed by atoms with Gasteiger partial charge in [0.15, 0.2) is 0 Å². The second-order valence-electron chi connectivity index (χ2n) is 2.80. The van der Waals surface area contributed by atoms with E-state index >= 15 is 0 Å². The Morgan fingerprint density at radius 3 is 2.57 bits per heavy atom. The van der Waals surface area contributed by atoms with Crippen molar-refractivity contribution in [3.05, 3.63) is 54.8 Å². The highest BCUT2D eigenvalue weighted by molar-refractivity contribution is 5.72. The Hall–Kier alpha value is -1.83. The van der Waals surface area contributed by atoms with Crippen LogP contribution < -0.4 is 0 Å². The Kier molecular flexibility index (Phi) is 3.68. The van der Waals surface area contributed by atoms with E-state index in [2.05, 4.69) is 11.3 Å². The molecule has 2 heteroatoms. The molecule has 0 spiro atoms. The predicted molar refractivity (Wildman–Crippen MR) is 56.4 cm³/mol. The molecule has 0 radical (unpaired) electrons. The van der Waals surface area contributed by atoms with E-state index in [-0.39, 0.29) is 5.97 Å². The fourth-order valence-electron chi connectivity index (χ4n) is 0.960. The molecule has 0 aliphatic heterocycles. The monoisotopic (exact) mass is 188 g/mol. The minimum Gasteiger partial charge on any atom is -0.435 e. The minimum absolute atomic E-state index is 0.331. The van der Waals surface area contributed by atoms with E-state index in [9.17, 15) is 4.79 Å². The third kappa shape index (κ3) is 3.27. The highest BCUT2D eigenvalue weighted by Crippen LogP contribution is 2.12. The smallest absolute Gasteiger partial charge is 0.307 e. The van der Waals surface area contributed by atoms with Crippen LogP contribution in [0.2, 0.25) is 0 Å². The molecule has 0 aliphatic rings. The molecule has 1 aromatic carbocycles. The molecule has 0 aliphatic carbocycles. The predicted octanol–water partition coefficient (Wildman–Crippen LogP) is 2.78. The van der Waals surface area contributed by atoms with Gasteiger partial charge in [-0.25, -0.2) is 0 Å². The van der Waals surface area contributed by atoms with Gasteiger partial charge in [-0.3, -0.25) is 4.79 Å². The fraction of sp³-hybridized carbons (Fsp3) is 0.0833. The molecule has 0 atom stereocenters. The molecule has 0 amide bonds. The van der Waals surface area contributed by atoms with Crippen LogP contribution in [0.3, 0.4) is 0 Å². The van der Waals surface area contributed by atoms with Gasteiger partial charge < -0.3 is 4.74 Å². The van der Waals surface area contributed by atoms with Crippen LogP contribution in [0, 0.1) is 0 Å². The first-order valence-corrected chi connectivity index (χ1v) is 4.28. The van der Waals surface area contributed by atoms with Crippen LogP contribution in [0.4, 0.5) is 0 Å². The van der Waals surface area contributed by atoms with Gasteiger partial charge in [0.1, 0.15) is 0 Å². The molecule has 0 saturated carbocycles. The summed E-state index contributed by atoms with van der Waals surface area (Å²) in [4.78, 5) is 10.5. The molecule has 0 aromatic heterocycles. The summed E-state index contributed by atoms with van der Waals surface area (Å²) in [5.41, 5.74) is 1.82. The van der Waals surface area contributed by atoms with Crippen molar-refractivity contribution in [2.45, 2.75) is 6.92 Å². The van der Waals surface area contributed by atoms with Gasteiger partial charge in [-0.2, -0.15) is 0 Å². The molecule has 2 nitrogen and oxygen atoms in total. The van der Waals surface area contributed by atoms with Crippen molar-refractivity contribution in [1.29, 1.82) is 0 Å². The van der Waals surface area contributed by atoms with Crippen molar-refractivity contribution >= 4 is 11.5 Å². The number of hydrogen-bond acceptors (Lipinski definition) is 2. The van der Waals surface area contributed by atoms with Crippen molar-refractivity contribution in [3.63, 3.8) is 0 Å². The molecule has 0 bridgehead atoms. The summed E-state index contributed by atoms with van der Waals surface area (Å²) in [5, 5.41) is 0. The molecule has 72 valence electrons. The molecule has 14 heavy (non-hydrogen) atoms. The maximum atomic E-state index is 10.5. The van der Waals surface area contributed by atoms with Crippen LogP contribution >= 0.6 is 0 Å². The van der Waals surface area contributed by atoms with E-state index in [4.69, 9.17) is 0 Å². The number of rotatable bonds is 3. The Balaban J connectivity index is 2.59. The Morgan fingerprint density at radius 1 is 1.36 bits per heavy atom. The van der Waals surface area contributed by atoms with Crippen LogP contribution in [0.25, 0.3) is 5.57 Å². The summed E-state index contributed by atoms with van der Waals surface area (Å²) < 4.78 is 4.65. The number of benzene rings is 1. The van der Waals surface area contributed by atoms with Crippen molar-refractivity contribution < 1.29 is 9.53 Å². The fourth-order valence-corrected chi connectivity index (χ4v) is 0.960. The number of esters is 1. The molecule has 0 heterocycles. The lowest BCUT2D eigenvalue weighted by atomic mass is 10.1. The maximum Gasteiger partial charge on any atom is 0.307 e. The van der Waals surface area contributed by atoms with Crippen molar-refractivity contribution in [3.8, 4) is 0 Å². The molecule has 0 saturated heterocycles. The van der Waals surface area contributed by atoms with Gasteiger partial charge in [-0.15, -0.1) is 0 Å². The Bertz CT molecular complexity index is 350. The highest BCUT2D eigenvalue weighted by Gasteiger charge is 1.92. The molecule has 0 fully saturated rings. The molecule has 1 rings (SSSR count). The van der Waals surface area contributed by atoms with E-state index in [1.807, 2.05) is 30.3 Å². The first kappa shape index (κ1) is 10.3. The largest absolute Gasteiger partial charge is 0.435 e. The van der Waals surface area contributed by atoms with E-state index in [0.29, 0.717) is 0 Å². The standard InChI is InChI=1S/C12H12O2/c1-10(8-9-14-11(2)13)12-6-4-3-5-7-12/h3-9H,1H2,2H3. The third-order valence-corrected chi connectivity index (χ3v) is 1.65. The van der Waals surface area contributed by atoms with Gasteiger partial charge in [0.05, 0.1) is 6.26 Å². The summed E-state index contributed by atoms with van der Waals surface area (Å²) >= 11 is 0. The van der Waals surface area contributed by atoms with Crippen LogP contribution in [0.1, 0.15) is 12.5 Å². The van der Waals surface area contributed by atoms with Gasteiger partial charge >= 0.3 is 5.97 Å². The molecular formula is C12H12O2. The zero-order chi connectivity index (χ0) is 10.4. The van der Waals surface area contributed by atoms with Crippen LogP contribution in [-0.2, 0) is 9.53 Å². The first-order chi connectivity index (χ1) is 6.70. The van der Waals surface area contributed by atoms with Crippen molar-refractivity contribution in [2.24, 2.45) is 0 Å². The number of allylic oxidation sites excluding steroid dienone is 2. The van der Waals surface area contributed by atoms with Gasteiger partial charge in [0.25, 0.3) is 0 Å². The van der Waals surface area contributed by atoms with Gasteiger partial charge in [-0.05, 0) is 17.2 Å². The maximum absolute atomic E-state index is 10.5. The lowest BCUT2D eigenvalue weighted by molar-refractivity contribution is -0.135. The SMILES string of the molecule is C=C(C=COC(C)=O)c1ccccc1. The number of carbonyl (C=O) groups excluding carboxylic acids is 1. The average molecular weight is 188 g/mol. The molecule has 1 aromatic rings. The molecule has 0 unspecified atom stereocenters. The molecule has 0 N–H and O–H groups in total. The zero-order valence-corrected chi connectivity index (χ0v) is 8.07. The van der Waals surface area contributed by atoms with Crippen molar-refractivity contribution in [2.75, 3.05) is 0 Å². The average Bonchev–Trinajstić information content (AvgIpc) is 2.18. The topological polar surface area (TPSA) is 26.3 Å². The van der Waals surface area contributed by atoms with E-state index in [0.717, 1.165) is 11.1 Å². The zero-order valence-electron chi connectivity index (χ0n) is 8.07. The first-order valence-electron chi connectivity index (χ1n) is 4.28. The van der Waals surface area contributed by atoms with E-state index in [1.165, 1.54) is 13.2 Å². The van der Waals surface area contributed by atoms with Gasteiger partial charge in [0.2, 0.25) is 0 Å². The van der Waals surface area contributed by atoms with Crippen molar-refractivity contribution in [1.82, 2.24) is 0 Å². The second kappa shape index (κ2) is 5.02. The van der Waals surface area contributed by atoms with E-state index < -0.39 is 0 Å². The van der Waals surface area contributed by atoms with Crippen LogP contribution in [0.5, 0.6) is 0 Å². The van der Waals surface area contributed by atoms with Crippen LogP contribution in [0.15, 0.2) is 49.2 Å². The lowest BCUT2D eigenvalue weighted by Crippen LogP contribution is -1.89. The number of hydrogen-bond donors (Lipinski definition) is 0. The Morgan fingerprint density at radius 2 is 2.00 bits per heavy atom. The number of ether oxygens (including phenoxy) is 1. The highest BCUT2D eigenvalue weighted by atomic mass is 16.5. The summed E-state index contributed by atoms with van der Waals surface area (Å²) in [6, 6.07) is 9.69. The third-order valence-electron chi connectivity index (χ3n) is 1.65. The second-order valence-corrected chi connectivity index (χ2v) is 2.80. The summed E-state index contributed by atoms with van der Waals surface area (Å²) in [7, 11) is 0. The molecular weight excluding hydrogens is 176 g/mol. The normalized spacial score (nSPS) is 10.1. The lowest BCUT2D eigenvalue weighted by Gasteiger charge is -1.98. The van der Waals surface area contributed by atoms with E-state index in [1.54, 1.807) is 6.08 Å². The Labute approximate surface area is 83.5 Å². The van der Waals surface area contributed by atoms with Gasteiger partial charge in [0, 0.05) is 6.92 Å².